The van der Waals surface area contributed by atoms with E-state index in [9.17, 15) is 19.1 Å². The zero-order valence-electron chi connectivity index (χ0n) is 12.5. The second-order valence-corrected chi connectivity index (χ2v) is 6.11. The highest BCUT2D eigenvalue weighted by Crippen LogP contribution is 2.49. The third-order valence-electron chi connectivity index (χ3n) is 4.11. The molecule has 3 rings (SSSR count). The number of halogens is 2. The largest absolute Gasteiger partial charge is 0.506 e. The first-order valence-corrected chi connectivity index (χ1v) is 7.61. The minimum Gasteiger partial charge on any atom is -0.506 e. The van der Waals surface area contributed by atoms with E-state index in [1.807, 2.05) is 0 Å². The van der Waals surface area contributed by atoms with E-state index in [0.717, 1.165) is 0 Å². The molecular formula is C17H14ClFN2O3. The third-order valence-corrected chi connectivity index (χ3v) is 4.41. The van der Waals surface area contributed by atoms with Gasteiger partial charge in [-0.3, -0.25) is 14.5 Å². The van der Waals surface area contributed by atoms with Gasteiger partial charge in [-0.15, -0.1) is 0 Å². The molecule has 1 fully saturated rings. The summed E-state index contributed by atoms with van der Waals surface area (Å²) in [5, 5.41) is 9.62. The van der Waals surface area contributed by atoms with Gasteiger partial charge in [-0.05, 0) is 55.3 Å². The van der Waals surface area contributed by atoms with Gasteiger partial charge in [0.25, 0.3) is 0 Å². The van der Waals surface area contributed by atoms with E-state index in [1.54, 1.807) is 0 Å². The minimum absolute atomic E-state index is 0.0522. The summed E-state index contributed by atoms with van der Waals surface area (Å²) in [5.74, 6) is -1.78. The Labute approximate surface area is 142 Å². The van der Waals surface area contributed by atoms with Gasteiger partial charge >= 0.3 is 0 Å². The number of carbonyl (C=O) groups excluding carboxylic acids is 2. The predicted molar refractivity (Wildman–Crippen MR) is 87.5 cm³/mol. The van der Waals surface area contributed by atoms with Crippen LogP contribution in [0.1, 0.15) is 12.8 Å². The lowest BCUT2D eigenvalue weighted by Gasteiger charge is -2.26. The smallest absolute Gasteiger partial charge is 0.247 e. The first-order valence-electron chi connectivity index (χ1n) is 7.24. The molecule has 1 aliphatic rings. The van der Waals surface area contributed by atoms with Crippen LogP contribution in [0.15, 0.2) is 42.5 Å². The molecule has 1 saturated carbocycles. The molecule has 0 heterocycles. The van der Waals surface area contributed by atoms with Crippen LogP contribution in [0, 0.1) is 11.2 Å². The van der Waals surface area contributed by atoms with E-state index in [0.29, 0.717) is 24.2 Å². The average molecular weight is 349 g/mol. The average Bonchev–Trinajstić information content (AvgIpc) is 3.34. The van der Waals surface area contributed by atoms with Gasteiger partial charge in [-0.25, -0.2) is 4.39 Å². The van der Waals surface area contributed by atoms with Crippen molar-refractivity contribution in [3.8, 4) is 5.75 Å². The van der Waals surface area contributed by atoms with Crippen LogP contribution < -0.4 is 10.6 Å². The van der Waals surface area contributed by atoms with Crippen molar-refractivity contribution in [2.75, 3.05) is 4.90 Å². The number of anilines is 2. The molecule has 2 amide bonds. The van der Waals surface area contributed by atoms with Crippen LogP contribution in [0.5, 0.6) is 5.75 Å². The van der Waals surface area contributed by atoms with Crippen LogP contribution in [0.2, 0.25) is 5.02 Å². The van der Waals surface area contributed by atoms with Crippen molar-refractivity contribution in [3.63, 3.8) is 0 Å². The highest BCUT2D eigenvalue weighted by Gasteiger charge is 2.57. The second-order valence-electron chi connectivity index (χ2n) is 5.70. The Bertz CT molecular complexity index is 819. The molecule has 0 bridgehead atoms. The fourth-order valence-corrected chi connectivity index (χ4v) is 2.69. The molecule has 0 spiro atoms. The third kappa shape index (κ3) is 2.69. The van der Waals surface area contributed by atoms with Gasteiger partial charge in [0.1, 0.15) is 17.0 Å². The molecule has 7 heteroatoms. The monoisotopic (exact) mass is 348 g/mol. The number of primary amides is 1. The lowest BCUT2D eigenvalue weighted by atomic mass is 10.0. The Hall–Kier alpha value is -2.60. The fraction of sp³-hybridized carbons (Fsp3) is 0.176. The number of phenols is 1. The zero-order valence-corrected chi connectivity index (χ0v) is 13.3. The number of nitrogens with two attached hydrogens (primary N) is 1. The molecular weight excluding hydrogens is 335 g/mol. The van der Waals surface area contributed by atoms with E-state index >= 15 is 0 Å². The van der Waals surface area contributed by atoms with Crippen LogP contribution in [0.3, 0.4) is 0 Å². The van der Waals surface area contributed by atoms with Gasteiger partial charge < -0.3 is 10.8 Å². The van der Waals surface area contributed by atoms with Crippen LogP contribution in [-0.4, -0.2) is 16.9 Å². The molecule has 24 heavy (non-hydrogen) atoms. The Kier molecular flexibility index (Phi) is 3.93. The Morgan fingerprint density at radius 2 is 1.71 bits per heavy atom. The van der Waals surface area contributed by atoms with Crippen LogP contribution in [-0.2, 0) is 9.59 Å². The molecule has 0 atom stereocenters. The van der Waals surface area contributed by atoms with E-state index in [2.05, 4.69) is 0 Å². The number of nitrogens with zero attached hydrogens (tertiary/aromatic N) is 1. The summed E-state index contributed by atoms with van der Waals surface area (Å²) in [6, 6.07) is 9.49. The molecule has 0 radical (unpaired) electrons. The maximum Gasteiger partial charge on any atom is 0.247 e. The van der Waals surface area contributed by atoms with Crippen LogP contribution in [0.4, 0.5) is 15.8 Å². The minimum atomic E-state index is -1.25. The second kappa shape index (κ2) is 5.79. The summed E-state index contributed by atoms with van der Waals surface area (Å²) in [6.07, 6.45) is 0.732. The van der Waals surface area contributed by atoms with Gasteiger partial charge in [-0.1, -0.05) is 11.6 Å². The number of phenolic OH excluding ortho intramolecular Hbond substituents is 1. The summed E-state index contributed by atoms with van der Waals surface area (Å²) in [5.41, 5.74) is 4.86. The Balaban J connectivity index is 2.10. The molecule has 2 aromatic carbocycles. The van der Waals surface area contributed by atoms with E-state index < -0.39 is 23.0 Å². The maximum absolute atomic E-state index is 13.2. The molecule has 2 aromatic rings. The van der Waals surface area contributed by atoms with Crippen LogP contribution >= 0.6 is 11.6 Å². The summed E-state index contributed by atoms with van der Waals surface area (Å²) in [7, 11) is 0. The van der Waals surface area contributed by atoms with Gasteiger partial charge in [-0.2, -0.15) is 0 Å². The molecule has 0 unspecified atom stereocenters. The zero-order chi connectivity index (χ0) is 17.5. The maximum atomic E-state index is 13.2. The van der Waals surface area contributed by atoms with Crippen molar-refractivity contribution in [2.45, 2.75) is 12.8 Å². The fourth-order valence-electron chi connectivity index (χ4n) is 2.51. The number of amides is 2. The number of carbonyl (C=O) groups is 2. The molecule has 124 valence electrons. The molecule has 5 nitrogen and oxygen atoms in total. The van der Waals surface area contributed by atoms with E-state index in [4.69, 9.17) is 17.3 Å². The van der Waals surface area contributed by atoms with E-state index in [-0.39, 0.29) is 10.8 Å². The van der Waals surface area contributed by atoms with E-state index in [1.165, 1.54) is 47.4 Å². The number of hydrogen-bond donors (Lipinski definition) is 2. The summed E-state index contributed by atoms with van der Waals surface area (Å²) >= 11 is 5.93. The van der Waals surface area contributed by atoms with Crippen molar-refractivity contribution in [1.82, 2.24) is 0 Å². The molecule has 0 aromatic heterocycles. The number of benzene rings is 2. The SMILES string of the molecule is NC(=O)C1(C(=O)N(c2ccc(F)cc2)c2ccc(O)c(Cl)c2)CC1. The highest BCUT2D eigenvalue weighted by molar-refractivity contribution is 6.32. The number of rotatable bonds is 4. The topological polar surface area (TPSA) is 83.6 Å². The van der Waals surface area contributed by atoms with Gasteiger partial charge in [0, 0.05) is 5.69 Å². The summed E-state index contributed by atoms with van der Waals surface area (Å²) in [4.78, 5) is 26.0. The van der Waals surface area contributed by atoms with Crippen molar-refractivity contribution >= 4 is 34.8 Å². The Morgan fingerprint density at radius 3 is 2.21 bits per heavy atom. The quantitative estimate of drug-likeness (QED) is 0.833. The molecule has 0 aliphatic heterocycles. The lowest BCUT2D eigenvalue weighted by Crippen LogP contribution is -2.41. The summed E-state index contributed by atoms with van der Waals surface area (Å²) < 4.78 is 13.2. The first-order chi connectivity index (χ1) is 11.3. The van der Waals surface area contributed by atoms with Gasteiger partial charge in [0.05, 0.1) is 10.7 Å². The van der Waals surface area contributed by atoms with Gasteiger partial charge in [0.2, 0.25) is 11.8 Å². The molecule has 0 saturated heterocycles. The van der Waals surface area contributed by atoms with Crippen molar-refractivity contribution < 1.29 is 19.1 Å². The lowest BCUT2D eigenvalue weighted by molar-refractivity contribution is -0.133. The number of hydrogen-bond acceptors (Lipinski definition) is 3. The highest BCUT2D eigenvalue weighted by atomic mass is 35.5. The summed E-state index contributed by atoms with van der Waals surface area (Å²) in [6.45, 7) is 0. The number of aromatic hydroxyl groups is 1. The first kappa shape index (κ1) is 16.3. The standard InChI is InChI=1S/C17H14ClFN2O3/c18-13-9-12(5-6-14(13)22)21(11-3-1-10(19)2-4-11)16(24)17(7-8-17)15(20)23/h1-6,9,22H,7-8H2,(H2,20,23). The van der Waals surface area contributed by atoms with Gasteiger partial charge in [0.15, 0.2) is 0 Å². The van der Waals surface area contributed by atoms with Crippen molar-refractivity contribution in [3.05, 3.63) is 53.3 Å². The van der Waals surface area contributed by atoms with Crippen molar-refractivity contribution in [2.24, 2.45) is 11.1 Å². The molecule has 3 N–H and O–H groups in total. The molecule has 1 aliphatic carbocycles. The predicted octanol–water partition coefficient (Wildman–Crippen LogP) is 3.11. The normalized spacial score (nSPS) is 14.9. The van der Waals surface area contributed by atoms with Crippen molar-refractivity contribution in [1.29, 1.82) is 0 Å². The Morgan fingerprint density at radius 1 is 1.12 bits per heavy atom. The van der Waals surface area contributed by atoms with Crippen LogP contribution in [0.25, 0.3) is 0 Å².